The number of halogens is 4. The lowest BCUT2D eigenvalue weighted by atomic mass is 9.81. The Kier molecular flexibility index (Phi) is 6.81. The van der Waals surface area contributed by atoms with Gasteiger partial charge in [0.05, 0.1) is 7.11 Å². The lowest BCUT2D eigenvalue weighted by molar-refractivity contribution is -0.274. The van der Waals surface area contributed by atoms with Crippen molar-refractivity contribution in [2.45, 2.75) is 44.5 Å². The van der Waals surface area contributed by atoms with Crippen LogP contribution in [0.1, 0.15) is 43.7 Å². The van der Waals surface area contributed by atoms with Gasteiger partial charge in [-0.25, -0.2) is 0 Å². The van der Waals surface area contributed by atoms with Crippen molar-refractivity contribution < 1.29 is 22.6 Å². The van der Waals surface area contributed by atoms with Crippen molar-refractivity contribution in [3.63, 3.8) is 0 Å². The van der Waals surface area contributed by atoms with Crippen molar-refractivity contribution in [1.29, 1.82) is 0 Å². The zero-order valence-electron chi connectivity index (χ0n) is 12.4. The first kappa shape index (κ1) is 18.9. The van der Waals surface area contributed by atoms with Gasteiger partial charge in [0.1, 0.15) is 11.5 Å². The number of hydrogen-bond acceptors (Lipinski definition) is 3. The quantitative estimate of drug-likeness (QED) is 0.872. The normalized spacial score (nSPS) is 17.5. The van der Waals surface area contributed by atoms with Crippen molar-refractivity contribution >= 4 is 12.4 Å². The molecule has 0 heterocycles. The highest BCUT2D eigenvalue weighted by Gasteiger charge is 2.32. The molecule has 2 N–H and O–H groups in total. The molecule has 1 aromatic rings. The minimum Gasteiger partial charge on any atom is -0.496 e. The van der Waals surface area contributed by atoms with Crippen LogP contribution in [0.5, 0.6) is 11.5 Å². The van der Waals surface area contributed by atoms with Gasteiger partial charge in [-0.1, -0.05) is 19.3 Å². The van der Waals surface area contributed by atoms with Crippen LogP contribution in [0.3, 0.4) is 0 Å². The number of methoxy groups -OCH3 is 1. The number of hydrogen-bond donors (Lipinski definition) is 1. The number of alkyl halides is 3. The van der Waals surface area contributed by atoms with E-state index in [9.17, 15) is 13.2 Å². The van der Waals surface area contributed by atoms with Crippen LogP contribution in [0.2, 0.25) is 0 Å². The second-order valence-corrected chi connectivity index (χ2v) is 5.38. The fourth-order valence-corrected chi connectivity index (χ4v) is 2.92. The molecule has 1 saturated carbocycles. The molecule has 126 valence electrons. The topological polar surface area (TPSA) is 44.5 Å². The van der Waals surface area contributed by atoms with Crippen LogP contribution >= 0.6 is 12.4 Å². The van der Waals surface area contributed by atoms with Gasteiger partial charge in [0.2, 0.25) is 0 Å². The fraction of sp³-hybridized carbons (Fsp3) is 0.600. The highest BCUT2D eigenvalue weighted by molar-refractivity contribution is 5.85. The summed E-state index contributed by atoms with van der Waals surface area (Å²) in [5.41, 5.74) is 6.84. The van der Waals surface area contributed by atoms with E-state index < -0.39 is 6.36 Å². The van der Waals surface area contributed by atoms with Gasteiger partial charge in [-0.2, -0.15) is 0 Å². The zero-order chi connectivity index (χ0) is 15.5. The van der Waals surface area contributed by atoms with Gasteiger partial charge in [0, 0.05) is 11.6 Å². The first-order valence-corrected chi connectivity index (χ1v) is 7.10. The Morgan fingerprint density at radius 3 is 2.36 bits per heavy atom. The standard InChI is InChI=1S/C15H20F3NO2.ClH/c1-20-13-8-7-11(21-15(16,17)18)9-12(13)14(19)10-5-3-2-4-6-10;/h7-10,14H,2-6,19H2,1H3;1H/t14-;/m0./s1. The van der Waals surface area contributed by atoms with Crippen molar-refractivity contribution in [2.75, 3.05) is 7.11 Å². The van der Waals surface area contributed by atoms with Crippen molar-refractivity contribution in [2.24, 2.45) is 11.7 Å². The molecular formula is C15H21ClF3NO2. The Morgan fingerprint density at radius 1 is 1.18 bits per heavy atom. The lowest BCUT2D eigenvalue weighted by Gasteiger charge is -2.29. The number of ether oxygens (including phenoxy) is 2. The van der Waals surface area contributed by atoms with Crippen LogP contribution in [-0.2, 0) is 0 Å². The van der Waals surface area contributed by atoms with Crippen molar-refractivity contribution in [3.05, 3.63) is 23.8 Å². The molecule has 7 heteroatoms. The molecule has 2 rings (SSSR count). The van der Waals surface area contributed by atoms with E-state index in [1.165, 1.54) is 31.7 Å². The summed E-state index contributed by atoms with van der Waals surface area (Å²) in [6.07, 6.45) is 0.695. The van der Waals surface area contributed by atoms with Gasteiger partial charge in [-0.3, -0.25) is 0 Å². The maximum Gasteiger partial charge on any atom is 0.573 e. The Bertz CT molecular complexity index is 476. The van der Waals surface area contributed by atoms with E-state index in [-0.39, 0.29) is 30.1 Å². The van der Waals surface area contributed by atoms with Gasteiger partial charge in [0.25, 0.3) is 0 Å². The molecule has 1 atom stereocenters. The molecule has 3 nitrogen and oxygen atoms in total. The Labute approximate surface area is 134 Å². The third-order valence-corrected chi connectivity index (χ3v) is 3.95. The van der Waals surface area contributed by atoms with Crippen LogP contribution in [-0.4, -0.2) is 13.5 Å². The summed E-state index contributed by atoms with van der Waals surface area (Å²) in [5, 5.41) is 0. The monoisotopic (exact) mass is 339 g/mol. The first-order valence-electron chi connectivity index (χ1n) is 7.10. The smallest absolute Gasteiger partial charge is 0.496 e. The molecule has 22 heavy (non-hydrogen) atoms. The highest BCUT2D eigenvalue weighted by atomic mass is 35.5. The molecular weight excluding hydrogens is 319 g/mol. The van der Waals surface area contributed by atoms with Crippen LogP contribution in [0.4, 0.5) is 13.2 Å². The highest BCUT2D eigenvalue weighted by Crippen LogP contribution is 2.38. The SMILES string of the molecule is COc1ccc(OC(F)(F)F)cc1[C@@H](N)C1CCCCC1.Cl. The van der Waals surface area contributed by atoms with Crippen LogP contribution in [0, 0.1) is 5.92 Å². The third kappa shape index (κ3) is 4.95. The predicted molar refractivity (Wildman–Crippen MR) is 80.4 cm³/mol. The second-order valence-electron chi connectivity index (χ2n) is 5.38. The molecule has 0 spiro atoms. The van der Waals surface area contributed by atoms with E-state index in [0.29, 0.717) is 11.3 Å². The molecule has 0 aliphatic heterocycles. The summed E-state index contributed by atoms with van der Waals surface area (Å²) in [6, 6.07) is 3.71. The Balaban J connectivity index is 0.00000242. The number of benzene rings is 1. The maximum absolute atomic E-state index is 12.3. The summed E-state index contributed by atoms with van der Waals surface area (Å²) in [6.45, 7) is 0. The molecule has 0 aromatic heterocycles. The molecule has 0 amide bonds. The fourth-order valence-electron chi connectivity index (χ4n) is 2.92. The van der Waals surface area contributed by atoms with Gasteiger partial charge in [0.15, 0.2) is 0 Å². The van der Waals surface area contributed by atoms with Gasteiger partial charge >= 0.3 is 6.36 Å². The second kappa shape index (κ2) is 7.92. The zero-order valence-corrected chi connectivity index (χ0v) is 13.2. The molecule has 1 fully saturated rings. The van der Waals surface area contributed by atoms with Crippen LogP contribution < -0.4 is 15.2 Å². The van der Waals surface area contributed by atoms with Gasteiger partial charge < -0.3 is 15.2 Å². The summed E-state index contributed by atoms with van der Waals surface area (Å²) in [7, 11) is 1.48. The van der Waals surface area contributed by atoms with E-state index in [0.717, 1.165) is 25.7 Å². The number of nitrogens with two attached hydrogens (primary N) is 1. The van der Waals surface area contributed by atoms with E-state index in [1.807, 2.05) is 0 Å². The van der Waals surface area contributed by atoms with Gasteiger partial charge in [-0.15, -0.1) is 25.6 Å². The lowest BCUT2D eigenvalue weighted by Crippen LogP contribution is -2.24. The largest absolute Gasteiger partial charge is 0.573 e. The van der Waals surface area contributed by atoms with Crippen molar-refractivity contribution in [3.8, 4) is 11.5 Å². The van der Waals surface area contributed by atoms with Crippen LogP contribution in [0.15, 0.2) is 18.2 Å². The minimum atomic E-state index is -4.71. The van der Waals surface area contributed by atoms with E-state index in [1.54, 1.807) is 0 Å². The summed E-state index contributed by atoms with van der Waals surface area (Å²) >= 11 is 0. The molecule has 0 saturated heterocycles. The average molecular weight is 340 g/mol. The molecule has 1 aliphatic carbocycles. The predicted octanol–water partition coefficient (Wildman–Crippen LogP) is 4.60. The minimum absolute atomic E-state index is 0. The number of rotatable bonds is 4. The summed E-state index contributed by atoms with van der Waals surface area (Å²) in [5.74, 6) is 0.515. The Morgan fingerprint density at radius 2 is 1.82 bits per heavy atom. The van der Waals surface area contributed by atoms with Crippen molar-refractivity contribution in [1.82, 2.24) is 0 Å². The summed E-state index contributed by atoms with van der Waals surface area (Å²) < 4.78 is 46.2. The molecule has 0 unspecified atom stereocenters. The van der Waals surface area contributed by atoms with E-state index in [2.05, 4.69) is 4.74 Å². The average Bonchev–Trinajstić information content (AvgIpc) is 2.45. The Hall–Kier alpha value is -1.14. The molecule has 0 bridgehead atoms. The third-order valence-electron chi connectivity index (χ3n) is 3.95. The van der Waals surface area contributed by atoms with E-state index in [4.69, 9.17) is 10.5 Å². The maximum atomic E-state index is 12.3. The molecule has 0 radical (unpaired) electrons. The summed E-state index contributed by atoms with van der Waals surface area (Å²) in [4.78, 5) is 0. The first-order chi connectivity index (χ1) is 9.90. The van der Waals surface area contributed by atoms with E-state index >= 15 is 0 Å². The molecule has 1 aliphatic rings. The van der Waals surface area contributed by atoms with Gasteiger partial charge in [-0.05, 0) is 37.0 Å². The van der Waals surface area contributed by atoms with Crippen LogP contribution in [0.25, 0.3) is 0 Å². The molecule has 1 aromatic carbocycles.